The third-order valence-electron chi connectivity index (χ3n) is 2.85. The third kappa shape index (κ3) is 5.66. The van der Waals surface area contributed by atoms with Gasteiger partial charge in [-0.15, -0.1) is 0 Å². The van der Waals surface area contributed by atoms with Crippen LogP contribution in [-0.2, 0) is 4.79 Å². The Hall–Kier alpha value is -1.68. The lowest BCUT2D eigenvalue weighted by Crippen LogP contribution is -2.27. The number of aliphatic hydroxyl groups excluding tert-OH is 1. The van der Waals surface area contributed by atoms with Gasteiger partial charge < -0.3 is 10.4 Å². The van der Waals surface area contributed by atoms with Gasteiger partial charge in [-0.3, -0.25) is 4.79 Å². The van der Waals surface area contributed by atoms with Crippen LogP contribution in [0.25, 0.3) is 6.08 Å². The Kier molecular flexibility index (Phi) is 6.22. The zero-order valence-corrected chi connectivity index (χ0v) is 11.3. The molecule has 0 saturated heterocycles. The van der Waals surface area contributed by atoms with Crippen molar-refractivity contribution in [3.05, 3.63) is 41.2 Å². The van der Waals surface area contributed by atoms with Crippen molar-refractivity contribution in [3.63, 3.8) is 0 Å². The minimum atomic E-state index is -0.373. The van der Waals surface area contributed by atoms with Crippen LogP contribution >= 0.6 is 0 Å². The highest BCUT2D eigenvalue weighted by molar-refractivity contribution is 5.97. The van der Waals surface area contributed by atoms with Crippen LogP contribution < -0.4 is 5.32 Å². The average molecular weight is 265 g/mol. The summed E-state index contributed by atoms with van der Waals surface area (Å²) in [5, 5.41) is 12.1. The van der Waals surface area contributed by atoms with Crippen molar-refractivity contribution >= 4 is 12.0 Å². The van der Waals surface area contributed by atoms with E-state index < -0.39 is 0 Å². The summed E-state index contributed by atoms with van der Waals surface area (Å²) < 4.78 is 12.7. The third-order valence-corrected chi connectivity index (χ3v) is 2.85. The van der Waals surface area contributed by atoms with Gasteiger partial charge in [-0.2, -0.15) is 0 Å². The average Bonchev–Trinajstić information content (AvgIpc) is 2.40. The summed E-state index contributed by atoms with van der Waals surface area (Å²) in [5.74, 6) is -0.472. The van der Waals surface area contributed by atoms with Gasteiger partial charge >= 0.3 is 0 Å². The molecule has 104 valence electrons. The minimum Gasteiger partial charge on any atom is -0.393 e. The largest absolute Gasteiger partial charge is 0.393 e. The van der Waals surface area contributed by atoms with Crippen molar-refractivity contribution in [2.45, 2.75) is 32.8 Å². The molecule has 1 amide bonds. The molecule has 1 aromatic carbocycles. The second kappa shape index (κ2) is 7.69. The molecule has 0 bridgehead atoms. The molecule has 3 nitrogen and oxygen atoms in total. The SMILES string of the molecule is CCC(O)CCNC(=O)/C(C)=C/c1ccc(F)cc1. The number of carbonyl (C=O) groups is 1. The lowest BCUT2D eigenvalue weighted by molar-refractivity contribution is -0.117. The minimum absolute atomic E-state index is 0.173. The van der Waals surface area contributed by atoms with Crippen LogP contribution in [0.2, 0.25) is 0 Å². The Bertz CT molecular complexity index is 440. The van der Waals surface area contributed by atoms with Gasteiger partial charge in [0.2, 0.25) is 5.91 Å². The van der Waals surface area contributed by atoms with E-state index in [9.17, 15) is 14.3 Å². The molecule has 0 aliphatic heterocycles. The van der Waals surface area contributed by atoms with Crippen LogP contribution in [0.4, 0.5) is 4.39 Å². The molecule has 1 aromatic rings. The number of nitrogens with one attached hydrogen (secondary N) is 1. The molecule has 1 rings (SSSR count). The summed E-state index contributed by atoms with van der Waals surface area (Å²) in [7, 11) is 0. The predicted molar refractivity (Wildman–Crippen MR) is 74.0 cm³/mol. The first-order valence-corrected chi connectivity index (χ1v) is 6.43. The Morgan fingerprint density at radius 1 is 1.42 bits per heavy atom. The van der Waals surface area contributed by atoms with Crippen LogP contribution in [0.3, 0.4) is 0 Å². The van der Waals surface area contributed by atoms with Gasteiger partial charge in [-0.25, -0.2) is 4.39 Å². The smallest absolute Gasteiger partial charge is 0.246 e. The van der Waals surface area contributed by atoms with E-state index in [1.165, 1.54) is 12.1 Å². The Morgan fingerprint density at radius 2 is 2.05 bits per heavy atom. The highest BCUT2D eigenvalue weighted by Gasteiger charge is 2.05. The van der Waals surface area contributed by atoms with Crippen LogP contribution in [0.15, 0.2) is 29.8 Å². The van der Waals surface area contributed by atoms with Crippen molar-refractivity contribution in [3.8, 4) is 0 Å². The molecule has 0 heterocycles. The van der Waals surface area contributed by atoms with E-state index in [0.717, 1.165) is 5.56 Å². The van der Waals surface area contributed by atoms with E-state index in [-0.39, 0.29) is 17.8 Å². The summed E-state index contributed by atoms with van der Waals surface area (Å²) in [6.45, 7) is 4.05. The first-order chi connectivity index (χ1) is 9.02. The van der Waals surface area contributed by atoms with Crippen molar-refractivity contribution in [2.75, 3.05) is 6.54 Å². The van der Waals surface area contributed by atoms with Gasteiger partial charge in [0.05, 0.1) is 6.10 Å². The lowest BCUT2D eigenvalue weighted by atomic mass is 10.1. The first kappa shape index (κ1) is 15.4. The Morgan fingerprint density at radius 3 is 2.63 bits per heavy atom. The van der Waals surface area contributed by atoms with Crippen LogP contribution in [0, 0.1) is 5.82 Å². The van der Waals surface area contributed by atoms with Gasteiger partial charge in [-0.05, 0) is 43.5 Å². The second-order valence-electron chi connectivity index (χ2n) is 4.49. The molecule has 2 N–H and O–H groups in total. The zero-order valence-electron chi connectivity index (χ0n) is 11.3. The number of benzene rings is 1. The fourth-order valence-corrected chi connectivity index (χ4v) is 1.57. The summed E-state index contributed by atoms with van der Waals surface area (Å²) in [6, 6.07) is 5.95. The standard InChI is InChI=1S/C15H20FNO2/c1-3-14(18)8-9-17-15(19)11(2)10-12-4-6-13(16)7-5-12/h4-7,10,14,18H,3,8-9H2,1-2H3,(H,17,19)/b11-10+. The lowest BCUT2D eigenvalue weighted by Gasteiger charge is -2.09. The van der Waals surface area contributed by atoms with Gasteiger partial charge in [0.25, 0.3) is 0 Å². The molecule has 0 aliphatic carbocycles. The Balaban J connectivity index is 2.49. The second-order valence-corrected chi connectivity index (χ2v) is 4.49. The fourth-order valence-electron chi connectivity index (χ4n) is 1.57. The summed E-state index contributed by atoms with van der Waals surface area (Å²) >= 11 is 0. The van der Waals surface area contributed by atoms with Gasteiger partial charge in [0.15, 0.2) is 0 Å². The maximum absolute atomic E-state index is 12.7. The maximum atomic E-state index is 12.7. The summed E-state index contributed by atoms with van der Waals surface area (Å²) in [6.07, 6.45) is 2.55. The first-order valence-electron chi connectivity index (χ1n) is 6.43. The van der Waals surface area contributed by atoms with Crippen LogP contribution in [-0.4, -0.2) is 23.7 Å². The maximum Gasteiger partial charge on any atom is 0.246 e. The summed E-state index contributed by atoms with van der Waals surface area (Å²) in [4.78, 5) is 11.7. The predicted octanol–water partition coefficient (Wildman–Crippen LogP) is 2.51. The number of carbonyl (C=O) groups excluding carboxylic acids is 1. The highest BCUT2D eigenvalue weighted by Crippen LogP contribution is 2.08. The Labute approximate surface area is 113 Å². The zero-order chi connectivity index (χ0) is 14.3. The molecular formula is C15H20FNO2. The molecule has 0 aromatic heterocycles. The number of aliphatic hydroxyl groups is 1. The number of halogens is 1. The van der Waals surface area contributed by atoms with E-state index in [2.05, 4.69) is 5.32 Å². The van der Waals surface area contributed by atoms with Crippen LogP contribution in [0.5, 0.6) is 0 Å². The van der Waals surface area contributed by atoms with Crippen LogP contribution in [0.1, 0.15) is 32.3 Å². The van der Waals surface area contributed by atoms with E-state index in [0.29, 0.717) is 25.0 Å². The number of amides is 1. The molecule has 0 radical (unpaired) electrons. The number of rotatable bonds is 6. The molecule has 4 heteroatoms. The van der Waals surface area contributed by atoms with Gasteiger partial charge in [0.1, 0.15) is 5.82 Å². The fraction of sp³-hybridized carbons (Fsp3) is 0.400. The van der Waals surface area contributed by atoms with Gasteiger partial charge in [0, 0.05) is 12.1 Å². The molecule has 1 unspecified atom stereocenters. The van der Waals surface area contributed by atoms with Gasteiger partial charge in [-0.1, -0.05) is 19.1 Å². The molecule has 1 atom stereocenters. The van der Waals surface area contributed by atoms with E-state index in [4.69, 9.17) is 0 Å². The molecule has 0 saturated carbocycles. The normalized spacial score (nSPS) is 13.2. The van der Waals surface area contributed by atoms with Crippen molar-refractivity contribution in [2.24, 2.45) is 0 Å². The van der Waals surface area contributed by atoms with E-state index in [1.807, 2.05) is 6.92 Å². The van der Waals surface area contributed by atoms with E-state index in [1.54, 1.807) is 25.1 Å². The van der Waals surface area contributed by atoms with Crippen molar-refractivity contribution < 1.29 is 14.3 Å². The summed E-state index contributed by atoms with van der Waals surface area (Å²) in [5.41, 5.74) is 1.33. The van der Waals surface area contributed by atoms with Crippen molar-refractivity contribution in [1.29, 1.82) is 0 Å². The highest BCUT2D eigenvalue weighted by atomic mass is 19.1. The molecule has 0 aliphatic rings. The van der Waals surface area contributed by atoms with E-state index >= 15 is 0 Å². The molecule has 19 heavy (non-hydrogen) atoms. The molecule has 0 spiro atoms. The molecule has 0 fully saturated rings. The number of hydrogen-bond acceptors (Lipinski definition) is 2. The topological polar surface area (TPSA) is 49.3 Å². The van der Waals surface area contributed by atoms with Crippen molar-refractivity contribution in [1.82, 2.24) is 5.32 Å². The number of hydrogen-bond donors (Lipinski definition) is 2. The quantitative estimate of drug-likeness (QED) is 0.776. The molecular weight excluding hydrogens is 245 g/mol. The monoisotopic (exact) mass is 265 g/mol.